The number of unbranched alkanes of at least 4 members (excludes halogenated alkanes) is 64. The minimum absolute atomic E-state index is 0.0259. The van der Waals surface area contributed by atoms with Gasteiger partial charge in [0.1, 0.15) is 0 Å². The van der Waals surface area contributed by atoms with E-state index in [4.69, 9.17) is 4.74 Å². The Bertz CT molecular complexity index is 1230. The molecule has 502 valence electrons. The minimum atomic E-state index is -0.659. The van der Waals surface area contributed by atoms with Crippen LogP contribution in [-0.4, -0.2) is 47.4 Å². The summed E-state index contributed by atoms with van der Waals surface area (Å²) < 4.78 is 5.52. The monoisotopic (exact) mass is 1190 g/mol. The van der Waals surface area contributed by atoms with Gasteiger partial charge in [-0.2, -0.15) is 0 Å². The zero-order valence-corrected chi connectivity index (χ0v) is 57.7. The maximum atomic E-state index is 12.5. The number of nitrogens with one attached hydrogen (secondary N) is 1. The van der Waals surface area contributed by atoms with Crippen LogP contribution in [0.25, 0.3) is 0 Å². The molecule has 0 fully saturated rings. The van der Waals surface area contributed by atoms with Gasteiger partial charge in [-0.3, -0.25) is 9.59 Å². The third kappa shape index (κ3) is 70.0. The smallest absolute Gasteiger partial charge is 0.305 e. The van der Waals surface area contributed by atoms with Crippen LogP contribution >= 0.6 is 0 Å². The van der Waals surface area contributed by atoms with Crippen molar-refractivity contribution >= 4 is 11.9 Å². The molecular formula is C78H155NO5. The van der Waals surface area contributed by atoms with E-state index in [9.17, 15) is 19.8 Å². The van der Waals surface area contributed by atoms with E-state index in [0.29, 0.717) is 25.9 Å². The fraction of sp³-hybridized carbons (Fsp3) is 0.974. The van der Waals surface area contributed by atoms with E-state index in [0.717, 1.165) is 38.5 Å². The molecule has 0 heterocycles. The lowest BCUT2D eigenvalue weighted by Gasteiger charge is -2.22. The molecule has 2 unspecified atom stereocenters. The summed E-state index contributed by atoms with van der Waals surface area (Å²) in [5.74, 6) is 0.00254. The van der Waals surface area contributed by atoms with Crippen LogP contribution < -0.4 is 5.32 Å². The van der Waals surface area contributed by atoms with E-state index < -0.39 is 12.1 Å². The summed E-state index contributed by atoms with van der Waals surface area (Å²) in [6.07, 6.45) is 92.0. The van der Waals surface area contributed by atoms with Crippen LogP contribution in [0, 0.1) is 0 Å². The van der Waals surface area contributed by atoms with Crippen LogP contribution in [0.1, 0.15) is 463 Å². The van der Waals surface area contributed by atoms with Crippen molar-refractivity contribution in [2.75, 3.05) is 13.2 Å². The first-order chi connectivity index (χ1) is 41.5. The average molecular weight is 1190 g/mol. The lowest BCUT2D eigenvalue weighted by atomic mass is 10.0. The average Bonchev–Trinajstić information content (AvgIpc) is 3.54. The van der Waals surface area contributed by atoms with Crippen molar-refractivity contribution in [1.82, 2.24) is 5.32 Å². The number of esters is 1. The molecule has 2 atom stereocenters. The van der Waals surface area contributed by atoms with Gasteiger partial charge < -0.3 is 20.3 Å². The number of carbonyl (C=O) groups excluding carboxylic acids is 2. The van der Waals surface area contributed by atoms with Crippen molar-refractivity contribution in [3.63, 3.8) is 0 Å². The molecule has 6 nitrogen and oxygen atoms in total. The quantitative estimate of drug-likeness (QED) is 0.0417. The van der Waals surface area contributed by atoms with Gasteiger partial charge in [-0.1, -0.05) is 425 Å². The van der Waals surface area contributed by atoms with Crippen LogP contribution in [-0.2, 0) is 14.3 Å². The summed E-state index contributed by atoms with van der Waals surface area (Å²) in [6.45, 7) is 5.01. The molecular weight excluding hydrogens is 1030 g/mol. The number of ether oxygens (including phenoxy) is 1. The largest absolute Gasteiger partial charge is 0.466 e. The van der Waals surface area contributed by atoms with Crippen molar-refractivity contribution in [1.29, 1.82) is 0 Å². The number of hydrogen-bond donors (Lipinski definition) is 3. The van der Waals surface area contributed by atoms with E-state index in [2.05, 4.69) is 19.2 Å². The Morgan fingerprint density at radius 2 is 0.488 bits per heavy atom. The maximum Gasteiger partial charge on any atom is 0.305 e. The number of amides is 1. The van der Waals surface area contributed by atoms with Crippen molar-refractivity contribution < 1.29 is 24.5 Å². The summed E-state index contributed by atoms with van der Waals surface area (Å²) in [5, 5.41) is 23.3. The number of hydrogen-bond acceptors (Lipinski definition) is 5. The predicted molar refractivity (Wildman–Crippen MR) is 371 cm³/mol. The minimum Gasteiger partial charge on any atom is -0.466 e. The highest BCUT2D eigenvalue weighted by atomic mass is 16.5. The molecule has 0 aliphatic rings. The van der Waals surface area contributed by atoms with Gasteiger partial charge in [0.15, 0.2) is 0 Å². The summed E-state index contributed by atoms with van der Waals surface area (Å²) in [5.41, 5.74) is 0. The molecule has 0 aliphatic carbocycles. The first-order valence-electron chi connectivity index (χ1n) is 39.3. The second-order valence-electron chi connectivity index (χ2n) is 27.4. The summed E-state index contributed by atoms with van der Waals surface area (Å²) in [7, 11) is 0. The van der Waals surface area contributed by atoms with Gasteiger partial charge in [0.05, 0.1) is 25.4 Å². The van der Waals surface area contributed by atoms with Gasteiger partial charge in [0.25, 0.3) is 0 Å². The van der Waals surface area contributed by atoms with E-state index in [1.54, 1.807) is 0 Å². The van der Waals surface area contributed by atoms with Crippen molar-refractivity contribution in [2.45, 2.75) is 475 Å². The van der Waals surface area contributed by atoms with Gasteiger partial charge in [-0.05, 0) is 25.7 Å². The van der Waals surface area contributed by atoms with Gasteiger partial charge in [0, 0.05) is 12.8 Å². The Morgan fingerprint density at radius 3 is 0.726 bits per heavy atom. The van der Waals surface area contributed by atoms with Gasteiger partial charge in [0.2, 0.25) is 5.91 Å². The van der Waals surface area contributed by atoms with E-state index in [1.807, 2.05) is 0 Å². The van der Waals surface area contributed by atoms with Crippen LogP contribution in [0.15, 0.2) is 0 Å². The molecule has 84 heavy (non-hydrogen) atoms. The molecule has 0 bridgehead atoms. The third-order valence-corrected chi connectivity index (χ3v) is 18.9. The SMILES string of the molecule is CCCCCCCCCCCCCCCCCCCCC(=O)OCCCCCCCCCCCCCCCCCCCCCCCCCCCCCCCCCCCCCC(=O)NC(CO)C(O)CCCCCCCCCCCCCCCC. The molecule has 3 N–H and O–H groups in total. The normalized spacial score (nSPS) is 12.4. The highest BCUT2D eigenvalue weighted by molar-refractivity contribution is 5.76. The standard InChI is InChI=1S/C78H155NO5/c1-3-5-7-9-11-13-15-17-19-20-41-44-48-52-56-60-64-68-72-78(83)84-73-69-65-61-57-53-49-45-42-39-37-35-33-31-29-27-25-23-21-22-24-26-28-30-32-34-36-38-40-43-47-51-55-59-63-67-71-77(82)79-75(74-80)76(81)70-66-62-58-54-50-46-18-16-14-12-10-8-6-4-2/h75-76,80-81H,3-74H2,1-2H3,(H,79,82). The molecule has 0 aromatic carbocycles. The highest BCUT2D eigenvalue weighted by Gasteiger charge is 2.20. The molecule has 0 aliphatic heterocycles. The Kier molecular flexibility index (Phi) is 73.3. The lowest BCUT2D eigenvalue weighted by molar-refractivity contribution is -0.143. The van der Waals surface area contributed by atoms with Crippen molar-refractivity contribution in [3.8, 4) is 0 Å². The molecule has 0 saturated heterocycles. The third-order valence-electron chi connectivity index (χ3n) is 18.9. The van der Waals surface area contributed by atoms with Gasteiger partial charge in [-0.25, -0.2) is 0 Å². The summed E-state index contributed by atoms with van der Waals surface area (Å²) in [4.78, 5) is 24.6. The van der Waals surface area contributed by atoms with E-state index in [-0.39, 0.29) is 18.5 Å². The molecule has 6 heteroatoms. The van der Waals surface area contributed by atoms with Crippen LogP contribution in [0.4, 0.5) is 0 Å². The molecule has 0 aromatic heterocycles. The number of aliphatic hydroxyl groups is 2. The molecule has 0 saturated carbocycles. The van der Waals surface area contributed by atoms with Crippen LogP contribution in [0.2, 0.25) is 0 Å². The molecule has 0 spiro atoms. The second kappa shape index (κ2) is 74.3. The molecule has 0 radical (unpaired) electrons. The molecule has 1 amide bonds. The summed E-state index contributed by atoms with van der Waals surface area (Å²) in [6, 6.07) is -0.536. The van der Waals surface area contributed by atoms with Crippen molar-refractivity contribution in [3.05, 3.63) is 0 Å². The predicted octanol–water partition coefficient (Wildman–Crippen LogP) is 25.7. The maximum absolute atomic E-state index is 12.5. The number of rotatable bonds is 75. The zero-order valence-electron chi connectivity index (χ0n) is 57.7. The van der Waals surface area contributed by atoms with Crippen molar-refractivity contribution in [2.24, 2.45) is 0 Å². The number of aliphatic hydroxyl groups excluding tert-OH is 2. The lowest BCUT2D eigenvalue weighted by Crippen LogP contribution is -2.45. The highest BCUT2D eigenvalue weighted by Crippen LogP contribution is 2.21. The first kappa shape index (κ1) is 82.9. The second-order valence-corrected chi connectivity index (χ2v) is 27.4. The van der Waals surface area contributed by atoms with Crippen LogP contribution in [0.3, 0.4) is 0 Å². The topological polar surface area (TPSA) is 95.9 Å². The Morgan fingerprint density at radius 1 is 0.286 bits per heavy atom. The Balaban J connectivity index is 3.27. The zero-order chi connectivity index (χ0) is 60.6. The summed E-state index contributed by atoms with van der Waals surface area (Å²) >= 11 is 0. The first-order valence-corrected chi connectivity index (χ1v) is 39.3. The van der Waals surface area contributed by atoms with Gasteiger partial charge in [-0.15, -0.1) is 0 Å². The van der Waals surface area contributed by atoms with Crippen LogP contribution in [0.5, 0.6) is 0 Å². The van der Waals surface area contributed by atoms with E-state index in [1.165, 1.54) is 392 Å². The fourth-order valence-corrected chi connectivity index (χ4v) is 12.9. The van der Waals surface area contributed by atoms with Gasteiger partial charge >= 0.3 is 5.97 Å². The number of carbonyl (C=O) groups is 2. The molecule has 0 rings (SSSR count). The fourth-order valence-electron chi connectivity index (χ4n) is 12.9. The Hall–Kier alpha value is -1.14. The Labute approximate surface area is 527 Å². The molecule has 0 aromatic rings. The van der Waals surface area contributed by atoms with E-state index >= 15 is 0 Å².